The first kappa shape index (κ1) is 13.5. The fourth-order valence-electron chi connectivity index (χ4n) is 2.11. The summed E-state index contributed by atoms with van der Waals surface area (Å²) in [6.07, 6.45) is 7.94. The summed E-state index contributed by atoms with van der Waals surface area (Å²) in [5, 5.41) is 0. The third-order valence-electron chi connectivity index (χ3n) is 3.28. The van der Waals surface area contributed by atoms with E-state index in [2.05, 4.69) is 20.8 Å². The van der Waals surface area contributed by atoms with E-state index in [1.165, 1.54) is 32.1 Å². The van der Waals surface area contributed by atoms with Crippen molar-refractivity contribution in [2.24, 2.45) is 11.3 Å². The largest absolute Gasteiger partial charge is 0.465 e. The summed E-state index contributed by atoms with van der Waals surface area (Å²) in [6.45, 7) is 7.12. The monoisotopic (exact) mass is 226 g/mol. The van der Waals surface area contributed by atoms with Gasteiger partial charge in [0.2, 0.25) is 0 Å². The maximum absolute atomic E-state index is 11.5. The number of carbonyl (C=O) groups is 1. The quantitative estimate of drug-likeness (QED) is 0.679. The Morgan fingerprint density at radius 1 is 1.19 bits per heavy atom. The molecule has 0 unspecified atom stereocenters. The second-order valence-corrected chi connectivity index (χ2v) is 6.25. The van der Waals surface area contributed by atoms with Crippen molar-refractivity contribution in [2.75, 3.05) is 6.61 Å². The molecule has 1 aliphatic carbocycles. The third kappa shape index (κ3) is 6.14. The smallest absolute Gasteiger partial charge is 0.305 e. The zero-order chi connectivity index (χ0) is 12.0. The fraction of sp³-hybridized carbons (Fsp3) is 0.929. The first-order valence-electron chi connectivity index (χ1n) is 6.63. The van der Waals surface area contributed by atoms with E-state index in [4.69, 9.17) is 4.74 Å². The Hall–Kier alpha value is -0.530. The molecule has 2 nitrogen and oxygen atoms in total. The van der Waals surface area contributed by atoms with Crippen molar-refractivity contribution in [1.29, 1.82) is 0 Å². The number of rotatable bonds is 4. The molecule has 2 heteroatoms. The normalized spacial score (nSPS) is 18.4. The van der Waals surface area contributed by atoms with Gasteiger partial charge in [-0.1, -0.05) is 40.0 Å². The zero-order valence-corrected chi connectivity index (χ0v) is 11.1. The van der Waals surface area contributed by atoms with Crippen LogP contribution in [0.4, 0.5) is 0 Å². The minimum Gasteiger partial charge on any atom is -0.465 e. The summed E-state index contributed by atoms with van der Waals surface area (Å²) < 4.78 is 5.34. The second-order valence-electron chi connectivity index (χ2n) is 6.25. The number of esters is 1. The molecule has 0 atom stereocenters. The molecule has 16 heavy (non-hydrogen) atoms. The van der Waals surface area contributed by atoms with Gasteiger partial charge in [0.25, 0.3) is 0 Å². The lowest BCUT2D eigenvalue weighted by molar-refractivity contribution is -0.145. The van der Waals surface area contributed by atoms with Crippen LogP contribution in [0.25, 0.3) is 0 Å². The third-order valence-corrected chi connectivity index (χ3v) is 3.28. The molecule has 0 N–H and O–H groups in total. The average molecular weight is 226 g/mol. The van der Waals surface area contributed by atoms with E-state index < -0.39 is 0 Å². The van der Waals surface area contributed by atoms with Crippen LogP contribution in [0.3, 0.4) is 0 Å². The Morgan fingerprint density at radius 2 is 1.81 bits per heavy atom. The number of hydrogen-bond donors (Lipinski definition) is 0. The Morgan fingerprint density at radius 3 is 2.38 bits per heavy atom. The van der Waals surface area contributed by atoms with Gasteiger partial charge in [-0.15, -0.1) is 0 Å². The van der Waals surface area contributed by atoms with E-state index in [9.17, 15) is 4.79 Å². The molecule has 0 aromatic rings. The van der Waals surface area contributed by atoms with E-state index in [0.717, 1.165) is 6.42 Å². The molecule has 1 rings (SSSR count). The molecular formula is C14H26O2. The van der Waals surface area contributed by atoms with Crippen molar-refractivity contribution in [1.82, 2.24) is 0 Å². The average Bonchev–Trinajstić information content (AvgIpc) is 2.24. The lowest BCUT2D eigenvalue weighted by Gasteiger charge is -2.22. The fourth-order valence-corrected chi connectivity index (χ4v) is 2.11. The van der Waals surface area contributed by atoms with Gasteiger partial charge in [0, 0.05) is 6.42 Å². The molecule has 0 radical (unpaired) electrons. The summed E-state index contributed by atoms with van der Waals surface area (Å²) in [6, 6.07) is 0. The molecule has 1 aliphatic rings. The van der Waals surface area contributed by atoms with Crippen LogP contribution < -0.4 is 0 Å². The lowest BCUT2D eigenvalue weighted by atomic mass is 9.90. The second kappa shape index (κ2) is 6.27. The molecule has 0 aromatic carbocycles. The molecule has 0 amide bonds. The molecule has 0 aliphatic heterocycles. The molecule has 0 saturated heterocycles. The maximum Gasteiger partial charge on any atom is 0.305 e. The molecule has 94 valence electrons. The highest BCUT2D eigenvalue weighted by Crippen LogP contribution is 2.24. The van der Waals surface area contributed by atoms with E-state index >= 15 is 0 Å². The topological polar surface area (TPSA) is 26.3 Å². The van der Waals surface area contributed by atoms with Crippen molar-refractivity contribution in [3.8, 4) is 0 Å². The Labute approximate surface area is 99.8 Å². The van der Waals surface area contributed by atoms with Crippen LogP contribution in [-0.4, -0.2) is 12.6 Å². The van der Waals surface area contributed by atoms with Crippen LogP contribution in [0.15, 0.2) is 0 Å². The molecule has 0 heterocycles. The van der Waals surface area contributed by atoms with E-state index in [1.807, 2.05) is 0 Å². The molecule has 0 aromatic heterocycles. The van der Waals surface area contributed by atoms with E-state index in [1.54, 1.807) is 0 Å². The molecule has 0 spiro atoms. The molecule has 1 fully saturated rings. The summed E-state index contributed by atoms with van der Waals surface area (Å²) in [4.78, 5) is 11.5. The van der Waals surface area contributed by atoms with Crippen LogP contribution in [-0.2, 0) is 9.53 Å². The Bertz CT molecular complexity index is 209. The number of ether oxygens (including phenoxy) is 1. The minimum absolute atomic E-state index is 0.0134. The molecule has 1 saturated carbocycles. The first-order valence-corrected chi connectivity index (χ1v) is 6.63. The summed E-state index contributed by atoms with van der Waals surface area (Å²) in [5.74, 6) is 0.618. The van der Waals surface area contributed by atoms with Gasteiger partial charge >= 0.3 is 5.97 Å². The lowest BCUT2D eigenvalue weighted by Crippen LogP contribution is -2.18. The van der Waals surface area contributed by atoms with Gasteiger partial charge in [-0.25, -0.2) is 0 Å². The predicted molar refractivity (Wildman–Crippen MR) is 66.2 cm³/mol. The van der Waals surface area contributed by atoms with Crippen molar-refractivity contribution in [3.05, 3.63) is 0 Å². The highest BCUT2D eigenvalue weighted by Gasteiger charge is 2.17. The maximum atomic E-state index is 11.5. The van der Waals surface area contributed by atoms with Gasteiger partial charge in [0.1, 0.15) is 0 Å². The van der Waals surface area contributed by atoms with E-state index in [0.29, 0.717) is 18.9 Å². The van der Waals surface area contributed by atoms with E-state index in [-0.39, 0.29) is 11.4 Å². The van der Waals surface area contributed by atoms with Crippen molar-refractivity contribution in [3.63, 3.8) is 0 Å². The Balaban J connectivity index is 2.09. The van der Waals surface area contributed by atoms with Crippen LogP contribution in [0.5, 0.6) is 0 Å². The zero-order valence-electron chi connectivity index (χ0n) is 11.1. The van der Waals surface area contributed by atoms with Crippen LogP contribution in [0.1, 0.15) is 65.7 Å². The molecule has 0 bridgehead atoms. The van der Waals surface area contributed by atoms with Crippen LogP contribution in [0.2, 0.25) is 0 Å². The predicted octanol–water partition coefficient (Wildman–Crippen LogP) is 3.94. The van der Waals surface area contributed by atoms with Crippen molar-refractivity contribution >= 4 is 5.97 Å². The van der Waals surface area contributed by atoms with Crippen molar-refractivity contribution < 1.29 is 9.53 Å². The van der Waals surface area contributed by atoms with Gasteiger partial charge in [0.05, 0.1) is 6.61 Å². The molecular weight excluding hydrogens is 200 g/mol. The summed E-state index contributed by atoms with van der Waals surface area (Å²) in [5.41, 5.74) is 0.226. The highest BCUT2D eigenvalue weighted by molar-refractivity contribution is 5.69. The van der Waals surface area contributed by atoms with Gasteiger partial charge in [-0.05, 0) is 30.6 Å². The summed E-state index contributed by atoms with van der Waals surface area (Å²) >= 11 is 0. The van der Waals surface area contributed by atoms with Crippen molar-refractivity contribution in [2.45, 2.75) is 65.7 Å². The standard InChI is InChI=1S/C14H26O2/c1-14(2,3)10-9-13(15)16-11-12-7-5-4-6-8-12/h12H,4-11H2,1-3H3. The minimum atomic E-state index is -0.0134. The van der Waals surface area contributed by atoms with Crippen LogP contribution >= 0.6 is 0 Å². The van der Waals surface area contributed by atoms with Gasteiger partial charge in [-0.2, -0.15) is 0 Å². The SMILES string of the molecule is CC(C)(C)CCC(=O)OCC1CCCCC1. The summed E-state index contributed by atoms with van der Waals surface area (Å²) in [7, 11) is 0. The van der Waals surface area contributed by atoms with Crippen LogP contribution in [0, 0.1) is 11.3 Å². The highest BCUT2D eigenvalue weighted by atomic mass is 16.5. The number of hydrogen-bond acceptors (Lipinski definition) is 2. The number of carbonyl (C=O) groups excluding carboxylic acids is 1. The first-order chi connectivity index (χ1) is 7.47. The Kier molecular flexibility index (Phi) is 5.30. The van der Waals surface area contributed by atoms with Gasteiger partial charge in [0.15, 0.2) is 0 Å². The van der Waals surface area contributed by atoms with Gasteiger partial charge in [-0.3, -0.25) is 4.79 Å². The van der Waals surface area contributed by atoms with Gasteiger partial charge < -0.3 is 4.74 Å².